The van der Waals surface area contributed by atoms with Crippen LogP contribution >= 0.6 is 11.3 Å². The average Bonchev–Trinajstić information content (AvgIpc) is 3.86. The first-order chi connectivity index (χ1) is 26.8. The van der Waals surface area contributed by atoms with Gasteiger partial charge in [-0.2, -0.15) is 0 Å². The fraction of sp³-hybridized carbons (Fsp3) is 0.154. The van der Waals surface area contributed by atoms with Gasteiger partial charge in [-0.1, -0.05) is 119 Å². The lowest BCUT2D eigenvalue weighted by Crippen LogP contribution is -2.33. The maximum Gasteiger partial charge on any atom is 0.0625 e. The van der Waals surface area contributed by atoms with E-state index in [4.69, 9.17) is 0 Å². The summed E-state index contributed by atoms with van der Waals surface area (Å²) in [6, 6.07) is 55.1. The maximum atomic E-state index is 2.58. The Morgan fingerprint density at radius 2 is 0.964 bits per heavy atom. The van der Waals surface area contributed by atoms with Gasteiger partial charge in [0.1, 0.15) is 0 Å². The molecular weight excluding hydrogens is 685 g/mol. The minimum atomic E-state index is 0.0978. The molecule has 3 heterocycles. The van der Waals surface area contributed by atoms with Crippen molar-refractivity contribution in [3.63, 3.8) is 0 Å². The second-order valence-electron chi connectivity index (χ2n) is 17.2. The molecule has 0 atom stereocenters. The van der Waals surface area contributed by atoms with E-state index in [2.05, 4.69) is 182 Å². The van der Waals surface area contributed by atoms with Gasteiger partial charge in [-0.25, -0.2) is 0 Å². The van der Waals surface area contributed by atoms with Crippen molar-refractivity contribution < 1.29 is 0 Å². The third-order valence-corrected chi connectivity index (χ3v) is 14.3. The number of nitrogens with zero attached hydrogens (tertiary/aromatic N) is 2. The second kappa shape index (κ2) is 10.9. The highest BCUT2D eigenvalue weighted by atomic mass is 32.1. The molecule has 0 saturated carbocycles. The molecule has 8 aromatic carbocycles. The highest BCUT2D eigenvalue weighted by molar-refractivity contribution is 7.25. The van der Waals surface area contributed by atoms with Crippen LogP contribution in [0, 0.1) is 0 Å². The molecule has 0 bridgehead atoms. The van der Waals surface area contributed by atoms with Crippen LogP contribution < -0.4 is 0 Å². The Hall–Kier alpha value is -5.90. The van der Waals surface area contributed by atoms with Gasteiger partial charge >= 0.3 is 0 Å². The van der Waals surface area contributed by atoms with Crippen molar-refractivity contribution in [1.82, 2.24) is 9.13 Å². The van der Waals surface area contributed by atoms with Gasteiger partial charge < -0.3 is 9.13 Å². The zero-order chi connectivity index (χ0) is 36.8. The Kier molecular flexibility index (Phi) is 6.21. The molecule has 0 aliphatic heterocycles. The zero-order valence-electron chi connectivity index (χ0n) is 31.6. The van der Waals surface area contributed by atoms with Crippen molar-refractivity contribution in [3.8, 4) is 11.4 Å². The van der Waals surface area contributed by atoms with E-state index in [-0.39, 0.29) is 10.8 Å². The van der Waals surface area contributed by atoms with Crippen LogP contribution in [-0.2, 0) is 10.8 Å². The van der Waals surface area contributed by atoms with Crippen LogP contribution in [0.15, 0.2) is 146 Å². The third kappa shape index (κ3) is 4.25. The van der Waals surface area contributed by atoms with E-state index in [1.807, 2.05) is 11.3 Å². The summed E-state index contributed by atoms with van der Waals surface area (Å²) >= 11 is 1.90. The molecule has 3 aromatic heterocycles. The minimum Gasteiger partial charge on any atom is -0.309 e. The van der Waals surface area contributed by atoms with Crippen molar-refractivity contribution in [3.05, 3.63) is 157 Å². The molecule has 0 unspecified atom stereocenters. The first-order valence-electron chi connectivity index (χ1n) is 19.6. The topological polar surface area (TPSA) is 9.86 Å². The number of thiophene rings is 1. The zero-order valence-corrected chi connectivity index (χ0v) is 32.4. The largest absolute Gasteiger partial charge is 0.309 e. The monoisotopic (exact) mass is 724 g/mol. The number of aromatic nitrogens is 2. The number of hydrogen-bond acceptors (Lipinski definition) is 1. The Morgan fingerprint density at radius 1 is 0.400 bits per heavy atom. The highest BCUT2D eigenvalue weighted by Gasteiger charge is 2.38. The Labute approximate surface area is 323 Å². The SMILES string of the molecule is CC1(C)CCC(C)(C)c2cc3c(cc21)c1cc2c4c5ccccc5c5ccccc5c4n(-c4ccccc4)c2cc1n3-c1ccc2c(c1)sc1ccccc12. The highest BCUT2D eigenvalue weighted by Crippen LogP contribution is 2.50. The predicted molar refractivity (Wildman–Crippen MR) is 238 cm³/mol. The van der Waals surface area contributed by atoms with Gasteiger partial charge in [-0.05, 0) is 106 Å². The van der Waals surface area contributed by atoms with Crippen molar-refractivity contribution in [1.29, 1.82) is 0 Å². The van der Waals surface area contributed by atoms with Crippen LogP contribution in [0.5, 0.6) is 0 Å². The summed E-state index contributed by atoms with van der Waals surface area (Å²) < 4.78 is 7.77. The normalized spacial score (nSPS) is 15.4. The van der Waals surface area contributed by atoms with Crippen molar-refractivity contribution in [2.75, 3.05) is 0 Å². The molecule has 55 heavy (non-hydrogen) atoms. The lowest BCUT2D eigenvalue weighted by Gasteiger charge is -2.42. The van der Waals surface area contributed by atoms with Crippen molar-refractivity contribution >= 4 is 96.7 Å². The fourth-order valence-corrected chi connectivity index (χ4v) is 11.4. The Bertz CT molecular complexity index is 3420. The molecule has 2 nitrogen and oxygen atoms in total. The molecule has 264 valence electrons. The molecule has 1 aliphatic carbocycles. The van der Waals surface area contributed by atoms with Gasteiger partial charge in [0.15, 0.2) is 0 Å². The molecule has 0 N–H and O–H groups in total. The second-order valence-corrected chi connectivity index (χ2v) is 18.3. The van der Waals surface area contributed by atoms with Gasteiger partial charge in [0.2, 0.25) is 0 Å². The molecule has 0 fully saturated rings. The van der Waals surface area contributed by atoms with Crippen LogP contribution in [0.25, 0.3) is 96.7 Å². The van der Waals surface area contributed by atoms with Gasteiger partial charge in [-0.3, -0.25) is 0 Å². The van der Waals surface area contributed by atoms with Gasteiger partial charge in [0.05, 0.1) is 22.1 Å². The Balaban J connectivity index is 1.30. The van der Waals surface area contributed by atoms with E-state index in [1.54, 1.807) is 0 Å². The number of benzene rings is 8. The van der Waals surface area contributed by atoms with Crippen LogP contribution in [0.4, 0.5) is 0 Å². The van der Waals surface area contributed by atoms with E-state index >= 15 is 0 Å². The Morgan fingerprint density at radius 3 is 1.73 bits per heavy atom. The van der Waals surface area contributed by atoms with Crippen molar-refractivity contribution in [2.45, 2.75) is 51.4 Å². The number of hydrogen-bond donors (Lipinski definition) is 0. The van der Waals surface area contributed by atoms with E-state index in [0.717, 1.165) is 0 Å². The molecule has 3 heteroatoms. The molecule has 1 aliphatic rings. The minimum absolute atomic E-state index is 0.0978. The van der Waals surface area contributed by atoms with Crippen LogP contribution in [0.2, 0.25) is 0 Å². The number of fused-ring (bicyclic) bond motifs is 15. The first kappa shape index (κ1) is 31.5. The molecule has 0 amide bonds. The molecular formula is C52H40N2S. The van der Waals surface area contributed by atoms with Crippen molar-refractivity contribution in [2.24, 2.45) is 0 Å². The smallest absolute Gasteiger partial charge is 0.0625 e. The standard InChI is InChI=1S/C52H40N2S/c1-51(2)24-25-52(3,4)43-29-44-40(28-42(43)51)39-27-41-46(30-45(39)53(44)32-22-23-36-35-18-12-13-21-47(35)55-48(36)26-32)54(31-14-6-5-7-15-31)50-38-20-11-9-17-34(38)33-16-8-10-19-37(33)49(41)50/h5-23,26-30H,24-25H2,1-4H3. The number of para-hydroxylation sites is 1. The van der Waals surface area contributed by atoms with Crippen LogP contribution in [-0.4, -0.2) is 9.13 Å². The summed E-state index contributed by atoms with van der Waals surface area (Å²) in [5.74, 6) is 0. The average molecular weight is 725 g/mol. The van der Waals surface area contributed by atoms with E-state index in [1.165, 1.54) is 121 Å². The van der Waals surface area contributed by atoms with Crippen LogP contribution in [0.1, 0.15) is 51.7 Å². The maximum absolute atomic E-state index is 2.58. The molecule has 0 spiro atoms. The third-order valence-electron chi connectivity index (χ3n) is 13.1. The lowest BCUT2D eigenvalue weighted by atomic mass is 9.63. The molecule has 12 rings (SSSR count). The van der Waals surface area contributed by atoms with Gasteiger partial charge in [-0.15, -0.1) is 11.3 Å². The van der Waals surface area contributed by atoms with E-state index in [9.17, 15) is 0 Å². The summed E-state index contributed by atoms with van der Waals surface area (Å²) in [6.45, 7) is 9.79. The molecule has 0 saturated heterocycles. The van der Waals surface area contributed by atoms with Gasteiger partial charge in [0, 0.05) is 58.5 Å². The summed E-state index contributed by atoms with van der Waals surface area (Å²) in [5, 5.41) is 13.1. The summed E-state index contributed by atoms with van der Waals surface area (Å²) in [7, 11) is 0. The fourth-order valence-electron chi connectivity index (χ4n) is 10.2. The predicted octanol–water partition coefficient (Wildman–Crippen LogP) is 14.9. The van der Waals surface area contributed by atoms with E-state index in [0.29, 0.717) is 0 Å². The molecule has 0 radical (unpaired) electrons. The van der Waals surface area contributed by atoms with Gasteiger partial charge in [0.25, 0.3) is 0 Å². The number of rotatable bonds is 2. The first-order valence-corrected chi connectivity index (χ1v) is 20.5. The molecule has 11 aromatic rings. The van der Waals surface area contributed by atoms with Crippen LogP contribution in [0.3, 0.4) is 0 Å². The lowest BCUT2D eigenvalue weighted by molar-refractivity contribution is 0.332. The summed E-state index contributed by atoms with van der Waals surface area (Å²) in [5.41, 5.74) is 10.6. The summed E-state index contributed by atoms with van der Waals surface area (Å²) in [4.78, 5) is 0. The quantitative estimate of drug-likeness (QED) is 0.157. The summed E-state index contributed by atoms with van der Waals surface area (Å²) in [6.07, 6.45) is 2.37. The van der Waals surface area contributed by atoms with E-state index < -0.39 is 0 Å².